The molecule has 0 aliphatic heterocycles. The summed E-state index contributed by atoms with van der Waals surface area (Å²) >= 11 is 6.28. The van der Waals surface area contributed by atoms with E-state index in [-0.39, 0.29) is 5.41 Å². The van der Waals surface area contributed by atoms with Gasteiger partial charge in [-0.2, -0.15) is 5.10 Å². The molecule has 0 saturated carbocycles. The first-order chi connectivity index (χ1) is 7.77. The van der Waals surface area contributed by atoms with Gasteiger partial charge in [0.1, 0.15) is 5.15 Å². The molecule has 1 aromatic heterocycles. The highest BCUT2D eigenvalue weighted by Crippen LogP contribution is 2.27. The van der Waals surface area contributed by atoms with Crippen molar-refractivity contribution < 1.29 is 0 Å². The third-order valence-corrected chi connectivity index (χ3v) is 3.65. The van der Waals surface area contributed by atoms with Crippen LogP contribution in [-0.4, -0.2) is 22.4 Å². The van der Waals surface area contributed by atoms with Crippen molar-refractivity contribution in [1.82, 2.24) is 15.1 Å². The molecule has 0 amide bonds. The molecule has 0 aromatic carbocycles. The number of rotatable bonds is 4. The van der Waals surface area contributed by atoms with E-state index in [0.717, 1.165) is 29.4 Å². The van der Waals surface area contributed by atoms with E-state index in [9.17, 15) is 0 Å². The molecule has 17 heavy (non-hydrogen) atoms. The second-order valence-corrected chi connectivity index (χ2v) is 6.02. The maximum atomic E-state index is 6.28. The van der Waals surface area contributed by atoms with Crippen LogP contribution in [0.1, 0.15) is 39.0 Å². The highest BCUT2D eigenvalue weighted by molar-refractivity contribution is 6.30. The van der Waals surface area contributed by atoms with Gasteiger partial charge in [0, 0.05) is 18.7 Å². The second kappa shape index (κ2) is 5.40. The Hall–Kier alpha value is -0.540. The van der Waals surface area contributed by atoms with Crippen LogP contribution in [0.4, 0.5) is 0 Å². The number of likely N-dealkylation sites (N-methyl/N-ethyl adjacent to an activating group) is 1. The first-order valence-electron chi connectivity index (χ1n) is 6.18. The molecule has 0 bridgehead atoms. The lowest BCUT2D eigenvalue weighted by molar-refractivity contribution is 0.270. The van der Waals surface area contributed by atoms with Gasteiger partial charge in [-0.25, -0.2) is 0 Å². The van der Waals surface area contributed by atoms with Crippen LogP contribution < -0.4 is 5.32 Å². The molecular formula is C13H24ClN3. The molecule has 1 N–H and O–H groups in total. The van der Waals surface area contributed by atoms with Crippen molar-refractivity contribution in [2.24, 2.45) is 12.5 Å². The smallest absolute Gasteiger partial charge is 0.130 e. The standard InChI is InChI=1S/C13H24ClN3/c1-7-15-11(13(3,4)5)8-10-9(2)16-17(6)12(10)14/h11,15H,7-8H2,1-6H3. The van der Waals surface area contributed by atoms with Crippen molar-refractivity contribution in [3.8, 4) is 0 Å². The summed E-state index contributed by atoms with van der Waals surface area (Å²) in [4.78, 5) is 0. The van der Waals surface area contributed by atoms with Crippen molar-refractivity contribution in [1.29, 1.82) is 0 Å². The molecule has 0 fully saturated rings. The lowest BCUT2D eigenvalue weighted by atomic mass is 9.83. The lowest BCUT2D eigenvalue weighted by Crippen LogP contribution is -2.42. The van der Waals surface area contributed by atoms with E-state index < -0.39 is 0 Å². The van der Waals surface area contributed by atoms with Crippen molar-refractivity contribution in [3.05, 3.63) is 16.4 Å². The summed E-state index contributed by atoms with van der Waals surface area (Å²) in [6, 6.07) is 0.410. The summed E-state index contributed by atoms with van der Waals surface area (Å²) in [6.45, 7) is 11.9. The van der Waals surface area contributed by atoms with Gasteiger partial charge in [0.05, 0.1) is 5.69 Å². The van der Waals surface area contributed by atoms with Gasteiger partial charge in [-0.1, -0.05) is 39.3 Å². The number of halogens is 1. The minimum Gasteiger partial charge on any atom is -0.313 e. The molecule has 1 heterocycles. The van der Waals surface area contributed by atoms with Crippen LogP contribution in [0, 0.1) is 12.3 Å². The fraction of sp³-hybridized carbons (Fsp3) is 0.769. The molecule has 0 aliphatic rings. The topological polar surface area (TPSA) is 29.9 Å². The Morgan fingerprint density at radius 3 is 2.35 bits per heavy atom. The molecule has 0 radical (unpaired) electrons. The minimum atomic E-state index is 0.210. The monoisotopic (exact) mass is 257 g/mol. The van der Waals surface area contributed by atoms with Crippen LogP contribution in [0.5, 0.6) is 0 Å². The molecule has 0 spiro atoms. The number of nitrogens with one attached hydrogen (secondary N) is 1. The zero-order valence-electron chi connectivity index (χ0n) is 11.8. The van der Waals surface area contributed by atoms with Gasteiger partial charge in [-0.15, -0.1) is 0 Å². The molecule has 98 valence electrons. The summed E-state index contributed by atoms with van der Waals surface area (Å²) in [7, 11) is 1.89. The van der Waals surface area contributed by atoms with Gasteiger partial charge >= 0.3 is 0 Å². The maximum absolute atomic E-state index is 6.28. The van der Waals surface area contributed by atoms with Crippen LogP contribution in [0.2, 0.25) is 5.15 Å². The molecular weight excluding hydrogens is 234 g/mol. The maximum Gasteiger partial charge on any atom is 0.130 e. The molecule has 1 rings (SSSR count). The number of aromatic nitrogens is 2. The fourth-order valence-corrected chi connectivity index (χ4v) is 2.29. The molecule has 3 nitrogen and oxygen atoms in total. The Morgan fingerprint density at radius 1 is 1.41 bits per heavy atom. The third-order valence-electron chi connectivity index (χ3n) is 3.17. The molecule has 4 heteroatoms. The predicted molar refractivity (Wildman–Crippen MR) is 73.6 cm³/mol. The Kier molecular flexibility index (Phi) is 4.62. The summed E-state index contributed by atoms with van der Waals surface area (Å²) in [5.74, 6) is 0. The SMILES string of the molecule is CCNC(Cc1c(C)nn(C)c1Cl)C(C)(C)C. The van der Waals surface area contributed by atoms with Crippen molar-refractivity contribution in [2.45, 2.75) is 47.1 Å². The van der Waals surface area contributed by atoms with E-state index in [2.05, 4.69) is 38.1 Å². The van der Waals surface area contributed by atoms with Gasteiger partial charge in [0.2, 0.25) is 0 Å². The highest BCUT2D eigenvalue weighted by Gasteiger charge is 2.26. The van der Waals surface area contributed by atoms with Gasteiger partial charge in [-0.3, -0.25) is 4.68 Å². The Balaban J connectivity index is 2.94. The van der Waals surface area contributed by atoms with Crippen LogP contribution in [-0.2, 0) is 13.5 Å². The zero-order valence-corrected chi connectivity index (χ0v) is 12.5. The van der Waals surface area contributed by atoms with E-state index in [0.29, 0.717) is 6.04 Å². The molecule has 1 atom stereocenters. The van der Waals surface area contributed by atoms with E-state index in [1.807, 2.05) is 14.0 Å². The van der Waals surface area contributed by atoms with Gasteiger partial charge in [0.15, 0.2) is 0 Å². The Bertz CT molecular complexity index is 377. The van der Waals surface area contributed by atoms with E-state index in [1.54, 1.807) is 4.68 Å². The molecule has 1 aromatic rings. The Morgan fingerprint density at radius 2 is 2.00 bits per heavy atom. The predicted octanol–water partition coefficient (Wildman–Crippen LogP) is 2.95. The van der Waals surface area contributed by atoms with E-state index >= 15 is 0 Å². The van der Waals surface area contributed by atoms with Crippen LogP contribution in [0.3, 0.4) is 0 Å². The van der Waals surface area contributed by atoms with Crippen LogP contribution >= 0.6 is 11.6 Å². The average Bonchev–Trinajstić information content (AvgIpc) is 2.42. The van der Waals surface area contributed by atoms with Crippen LogP contribution in [0.25, 0.3) is 0 Å². The summed E-state index contributed by atoms with van der Waals surface area (Å²) in [6.07, 6.45) is 0.926. The summed E-state index contributed by atoms with van der Waals surface area (Å²) < 4.78 is 1.75. The summed E-state index contributed by atoms with van der Waals surface area (Å²) in [5.41, 5.74) is 2.40. The third kappa shape index (κ3) is 3.46. The molecule has 1 unspecified atom stereocenters. The highest BCUT2D eigenvalue weighted by atomic mass is 35.5. The fourth-order valence-electron chi connectivity index (χ4n) is 2.04. The molecule has 0 aliphatic carbocycles. The largest absolute Gasteiger partial charge is 0.313 e. The number of hydrogen-bond acceptors (Lipinski definition) is 2. The Labute approximate surface area is 110 Å². The first kappa shape index (κ1) is 14.5. The number of aryl methyl sites for hydroxylation is 2. The zero-order chi connectivity index (χ0) is 13.2. The van der Waals surface area contributed by atoms with Gasteiger partial charge in [-0.05, 0) is 25.3 Å². The van der Waals surface area contributed by atoms with Gasteiger partial charge < -0.3 is 5.32 Å². The van der Waals surface area contributed by atoms with Crippen LogP contribution in [0.15, 0.2) is 0 Å². The minimum absolute atomic E-state index is 0.210. The summed E-state index contributed by atoms with van der Waals surface area (Å²) in [5, 5.41) is 8.66. The van der Waals surface area contributed by atoms with Crippen molar-refractivity contribution in [2.75, 3.05) is 6.54 Å². The van der Waals surface area contributed by atoms with Crippen molar-refractivity contribution in [3.63, 3.8) is 0 Å². The molecule has 0 saturated heterocycles. The second-order valence-electron chi connectivity index (χ2n) is 5.66. The first-order valence-corrected chi connectivity index (χ1v) is 6.56. The lowest BCUT2D eigenvalue weighted by Gasteiger charge is -2.31. The van der Waals surface area contributed by atoms with Crippen molar-refractivity contribution >= 4 is 11.6 Å². The quantitative estimate of drug-likeness (QED) is 0.899. The number of nitrogens with zero attached hydrogens (tertiary/aromatic N) is 2. The average molecular weight is 258 g/mol. The van der Waals surface area contributed by atoms with Gasteiger partial charge in [0.25, 0.3) is 0 Å². The van der Waals surface area contributed by atoms with E-state index in [4.69, 9.17) is 11.6 Å². The van der Waals surface area contributed by atoms with E-state index in [1.165, 1.54) is 0 Å². The number of hydrogen-bond donors (Lipinski definition) is 1. The normalized spacial score (nSPS) is 14.1.